The Morgan fingerprint density at radius 3 is 2.27 bits per heavy atom. The molecule has 6 rings (SSSR count). The SMILES string of the molecule is CCC1/C=C(\C)CC(C)CC(OC)C2OC(O)(C(=O)C(=O)N3CCCCC3C(=O)OC(C(C)=CC3CCC(Oc4cccc5ccccc45)C(OC)C3)C(C)C(O)CC1=O)C(C)CC2OC. The van der Waals surface area contributed by atoms with Gasteiger partial charge in [-0.25, -0.2) is 4.79 Å². The first-order valence-corrected chi connectivity index (χ1v) is 24.3. The molecule has 1 amide bonds. The molecule has 14 unspecified atom stereocenters. The van der Waals surface area contributed by atoms with Crippen LogP contribution < -0.4 is 4.74 Å². The van der Waals surface area contributed by atoms with Gasteiger partial charge in [-0.2, -0.15) is 0 Å². The van der Waals surface area contributed by atoms with Crippen LogP contribution in [-0.4, -0.2) is 121 Å². The summed E-state index contributed by atoms with van der Waals surface area (Å²) in [5.41, 5.74) is 1.69. The van der Waals surface area contributed by atoms with E-state index in [0.29, 0.717) is 50.5 Å². The number of nitrogens with zero attached hydrogens (tertiary/aromatic N) is 1. The average Bonchev–Trinajstić information content (AvgIpc) is 3.31. The van der Waals surface area contributed by atoms with Crippen molar-refractivity contribution in [1.29, 1.82) is 0 Å². The van der Waals surface area contributed by atoms with Crippen LogP contribution in [0.5, 0.6) is 5.75 Å². The Morgan fingerprint density at radius 2 is 1.56 bits per heavy atom. The predicted octanol–water partition coefficient (Wildman–Crippen LogP) is 7.71. The Balaban J connectivity index is 1.31. The molecule has 14 atom stereocenters. The van der Waals surface area contributed by atoms with Crippen LogP contribution in [0.2, 0.25) is 0 Å². The molecule has 364 valence electrons. The van der Waals surface area contributed by atoms with Gasteiger partial charge in [0, 0.05) is 57.4 Å². The first-order valence-electron chi connectivity index (χ1n) is 24.3. The highest BCUT2D eigenvalue weighted by molar-refractivity contribution is 6.39. The van der Waals surface area contributed by atoms with E-state index >= 15 is 0 Å². The third kappa shape index (κ3) is 11.6. The first-order chi connectivity index (χ1) is 31.5. The van der Waals surface area contributed by atoms with Crippen LogP contribution in [0.3, 0.4) is 0 Å². The number of aliphatic hydroxyl groups is 2. The maximum Gasteiger partial charge on any atom is 0.329 e. The molecule has 2 N–H and O–H groups in total. The third-order valence-corrected chi connectivity index (χ3v) is 14.9. The van der Waals surface area contributed by atoms with Crippen LogP contribution in [0, 0.1) is 29.6 Å². The molecule has 1 saturated carbocycles. The van der Waals surface area contributed by atoms with Crippen molar-refractivity contribution < 1.29 is 57.8 Å². The lowest BCUT2D eigenvalue weighted by atomic mass is 9.81. The molecule has 1 aliphatic carbocycles. The summed E-state index contributed by atoms with van der Waals surface area (Å²) < 4.78 is 37.1. The van der Waals surface area contributed by atoms with Crippen LogP contribution in [-0.2, 0) is 42.9 Å². The van der Waals surface area contributed by atoms with Gasteiger partial charge in [0.25, 0.3) is 11.7 Å². The number of piperidine rings is 1. The molecule has 0 spiro atoms. The number of amides is 1. The Kier molecular flexibility index (Phi) is 17.8. The Bertz CT molecular complexity index is 2060. The third-order valence-electron chi connectivity index (χ3n) is 14.9. The van der Waals surface area contributed by atoms with Gasteiger partial charge in [-0.1, -0.05) is 81.8 Å². The molecule has 3 heterocycles. The van der Waals surface area contributed by atoms with Crippen molar-refractivity contribution in [2.24, 2.45) is 29.6 Å². The van der Waals surface area contributed by atoms with Crippen molar-refractivity contribution in [3.05, 3.63) is 65.8 Å². The molecule has 2 saturated heterocycles. The minimum atomic E-state index is -2.51. The summed E-state index contributed by atoms with van der Waals surface area (Å²) in [6.45, 7) is 11.4. The lowest BCUT2D eigenvalue weighted by molar-refractivity contribution is -0.302. The second-order valence-electron chi connectivity index (χ2n) is 19.7. The van der Waals surface area contributed by atoms with Crippen LogP contribution in [0.1, 0.15) is 112 Å². The zero-order valence-corrected chi connectivity index (χ0v) is 40.6. The minimum Gasteiger partial charge on any atom is -0.487 e. The van der Waals surface area contributed by atoms with Crippen LogP contribution in [0.4, 0.5) is 0 Å². The van der Waals surface area contributed by atoms with Gasteiger partial charge in [-0.05, 0) is 107 Å². The highest BCUT2D eigenvalue weighted by Gasteiger charge is 2.56. The molecule has 3 aliphatic heterocycles. The lowest BCUT2D eigenvalue weighted by Gasteiger charge is -2.47. The van der Waals surface area contributed by atoms with E-state index in [1.165, 1.54) is 12.0 Å². The number of hydrogen-bond donors (Lipinski definition) is 2. The monoisotopic (exact) mass is 918 g/mol. The van der Waals surface area contributed by atoms with E-state index in [1.807, 2.05) is 57.2 Å². The predicted molar refractivity (Wildman–Crippen MR) is 250 cm³/mol. The number of allylic oxidation sites excluding steroid dienone is 3. The number of aliphatic hydroxyl groups excluding tert-OH is 1. The Morgan fingerprint density at radius 1 is 0.864 bits per heavy atom. The van der Waals surface area contributed by atoms with E-state index in [0.717, 1.165) is 28.5 Å². The maximum absolute atomic E-state index is 14.6. The van der Waals surface area contributed by atoms with E-state index in [4.69, 9.17) is 28.4 Å². The number of esters is 1. The molecular weight excluding hydrogens is 843 g/mol. The number of rotatable bonds is 8. The molecule has 0 radical (unpaired) electrons. The number of Topliss-reactive ketones (excluding diaryl/α,β-unsaturated/α-hetero) is 2. The molecule has 2 aromatic carbocycles. The summed E-state index contributed by atoms with van der Waals surface area (Å²) in [4.78, 5) is 58.5. The second kappa shape index (κ2) is 22.9. The maximum atomic E-state index is 14.6. The number of cyclic esters (lactones) is 1. The molecule has 3 fully saturated rings. The number of carbonyl (C=O) groups excluding carboxylic acids is 4. The fraction of sp³-hybridized carbons (Fsp3) is 0.660. The quantitative estimate of drug-likeness (QED) is 0.151. The van der Waals surface area contributed by atoms with Gasteiger partial charge in [-0.3, -0.25) is 14.4 Å². The Hall–Kier alpha value is -3.98. The molecule has 13 nitrogen and oxygen atoms in total. The van der Waals surface area contributed by atoms with E-state index in [1.54, 1.807) is 28.1 Å². The number of benzene rings is 2. The number of methoxy groups -OCH3 is 3. The van der Waals surface area contributed by atoms with Crippen molar-refractivity contribution in [3.63, 3.8) is 0 Å². The molecule has 4 aliphatic rings. The zero-order valence-electron chi connectivity index (χ0n) is 40.6. The first kappa shape index (κ1) is 51.4. The van der Waals surface area contributed by atoms with Crippen molar-refractivity contribution in [2.75, 3.05) is 27.9 Å². The van der Waals surface area contributed by atoms with Gasteiger partial charge >= 0.3 is 5.97 Å². The van der Waals surface area contributed by atoms with Crippen LogP contribution >= 0.6 is 0 Å². The van der Waals surface area contributed by atoms with Gasteiger partial charge in [0.1, 0.15) is 35.9 Å². The Labute approximate surface area is 391 Å². The van der Waals surface area contributed by atoms with Gasteiger partial charge in [-0.15, -0.1) is 0 Å². The molecule has 2 bridgehead atoms. The van der Waals surface area contributed by atoms with Crippen LogP contribution in [0.15, 0.2) is 65.8 Å². The summed E-state index contributed by atoms with van der Waals surface area (Å²) in [6, 6.07) is 13.0. The molecule has 2 aromatic rings. The van der Waals surface area contributed by atoms with Crippen molar-refractivity contribution in [3.8, 4) is 5.75 Å². The molecule has 66 heavy (non-hydrogen) atoms. The van der Waals surface area contributed by atoms with Crippen LogP contribution in [0.25, 0.3) is 10.8 Å². The number of hydrogen-bond acceptors (Lipinski definition) is 12. The number of ketones is 2. The van der Waals surface area contributed by atoms with Crippen molar-refractivity contribution >= 4 is 34.2 Å². The summed E-state index contributed by atoms with van der Waals surface area (Å²) in [5.74, 6) is -6.68. The number of fused-ring (bicyclic) bond motifs is 4. The van der Waals surface area contributed by atoms with Crippen molar-refractivity contribution in [1.82, 2.24) is 4.90 Å². The normalized spacial score (nSPS) is 37.0. The van der Waals surface area contributed by atoms with Gasteiger partial charge in [0.05, 0.1) is 24.4 Å². The largest absolute Gasteiger partial charge is 0.487 e. The second-order valence-corrected chi connectivity index (χ2v) is 19.7. The number of ether oxygens (including phenoxy) is 6. The molecule has 0 aromatic heterocycles. The fourth-order valence-corrected chi connectivity index (χ4v) is 11.0. The van der Waals surface area contributed by atoms with Gasteiger partial charge in [0.15, 0.2) is 0 Å². The standard InChI is InChI=1S/C53H75NO12/c1-10-37-25-31(2)24-32(3)26-46(62-8)49-47(63-9)28-34(5)53(60,66-49)50(57)51(58)54-23-14-13-19-40(54)52(59)65-48(35(6)41(55)30-42(37)56)33(4)27-36-21-22-44(45(29-36)61-7)64-43-20-15-17-38-16-11-12-18-39(38)43/h11-12,15-18,20,25,27,32,34-37,40-41,44-49,55,60H,10,13-14,19,21-24,26,28-30H2,1-9H3/b31-25+,33-27?. The number of carbonyl (C=O) groups is 4. The summed E-state index contributed by atoms with van der Waals surface area (Å²) in [7, 11) is 4.77. The summed E-state index contributed by atoms with van der Waals surface area (Å²) >= 11 is 0. The highest BCUT2D eigenvalue weighted by atomic mass is 16.7. The van der Waals surface area contributed by atoms with E-state index in [9.17, 15) is 29.4 Å². The average molecular weight is 918 g/mol. The lowest BCUT2D eigenvalue weighted by Crippen LogP contribution is -2.64. The van der Waals surface area contributed by atoms with Gasteiger partial charge < -0.3 is 43.5 Å². The van der Waals surface area contributed by atoms with E-state index in [-0.39, 0.29) is 55.6 Å². The fourth-order valence-electron chi connectivity index (χ4n) is 11.0. The molecular formula is C53H75NO12. The smallest absolute Gasteiger partial charge is 0.329 e. The minimum absolute atomic E-state index is 0.0138. The highest BCUT2D eigenvalue weighted by Crippen LogP contribution is 2.40. The van der Waals surface area contributed by atoms with E-state index in [2.05, 4.69) is 25.1 Å². The van der Waals surface area contributed by atoms with Crippen molar-refractivity contribution in [2.45, 2.75) is 167 Å². The zero-order chi connectivity index (χ0) is 47.9. The summed E-state index contributed by atoms with van der Waals surface area (Å²) in [5, 5.41) is 26.1. The molecule has 13 heteroatoms. The summed E-state index contributed by atoms with van der Waals surface area (Å²) in [6.07, 6.45) is 4.62. The van der Waals surface area contributed by atoms with E-state index < -0.39 is 77.8 Å². The van der Waals surface area contributed by atoms with Gasteiger partial charge in [0.2, 0.25) is 5.79 Å². The topological polar surface area (TPSA) is 167 Å².